The first kappa shape index (κ1) is 12.0. The number of benzene rings is 1. The number of nitrogens with one attached hydrogen (secondary N) is 1. The van der Waals surface area contributed by atoms with Crippen molar-refractivity contribution in [1.82, 2.24) is 15.2 Å². The van der Waals surface area contributed by atoms with Gasteiger partial charge in [0, 0.05) is 24.0 Å². The van der Waals surface area contributed by atoms with Crippen LogP contribution in [0, 0.1) is 10.1 Å². The molecular weight excluding hydrogens is 256 g/mol. The molecule has 6 nitrogen and oxygen atoms in total. The van der Waals surface area contributed by atoms with Gasteiger partial charge in [0.1, 0.15) is 0 Å². The number of aromatic amines is 1. The summed E-state index contributed by atoms with van der Waals surface area (Å²) in [5.41, 5.74) is 2.66. The second-order valence-electron chi connectivity index (χ2n) is 4.19. The van der Waals surface area contributed by atoms with Crippen LogP contribution in [-0.4, -0.2) is 20.1 Å². The van der Waals surface area contributed by atoms with Crippen LogP contribution in [0.1, 0.15) is 0 Å². The summed E-state index contributed by atoms with van der Waals surface area (Å²) in [6.45, 7) is 0. The molecule has 0 amide bonds. The van der Waals surface area contributed by atoms with Crippen molar-refractivity contribution in [3.63, 3.8) is 0 Å². The summed E-state index contributed by atoms with van der Waals surface area (Å²) in [7, 11) is 0. The predicted molar refractivity (Wildman–Crippen MR) is 73.9 cm³/mol. The minimum atomic E-state index is -0.395. The topological polar surface area (TPSA) is 84.7 Å². The first-order valence-electron chi connectivity index (χ1n) is 5.95. The monoisotopic (exact) mass is 266 g/mol. The Morgan fingerprint density at radius 2 is 2.05 bits per heavy atom. The first-order valence-corrected chi connectivity index (χ1v) is 5.95. The largest absolute Gasteiger partial charge is 0.285 e. The number of aromatic nitrogens is 3. The van der Waals surface area contributed by atoms with Gasteiger partial charge in [0.05, 0.1) is 22.4 Å². The van der Waals surface area contributed by atoms with Crippen molar-refractivity contribution in [3.8, 4) is 22.4 Å². The van der Waals surface area contributed by atoms with Crippen LogP contribution >= 0.6 is 0 Å². The van der Waals surface area contributed by atoms with E-state index in [0.29, 0.717) is 11.3 Å². The summed E-state index contributed by atoms with van der Waals surface area (Å²) in [5.74, 6) is 0. The molecule has 3 rings (SSSR count). The molecule has 0 aliphatic carbocycles. The van der Waals surface area contributed by atoms with Gasteiger partial charge >= 0.3 is 0 Å². The molecule has 0 spiro atoms. The molecular formula is C14H10N4O2. The third kappa shape index (κ3) is 2.14. The quantitative estimate of drug-likeness (QED) is 0.583. The summed E-state index contributed by atoms with van der Waals surface area (Å²) in [6.07, 6.45) is 4.93. The summed E-state index contributed by atoms with van der Waals surface area (Å²) in [4.78, 5) is 15.0. The van der Waals surface area contributed by atoms with Crippen molar-refractivity contribution in [2.75, 3.05) is 0 Å². The second kappa shape index (κ2) is 4.93. The molecule has 3 aromatic rings. The molecule has 98 valence electrons. The second-order valence-corrected chi connectivity index (χ2v) is 4.19. The lowest BCUT2D eigenvalue weighted by Crippen LogP contribution is -1.94. The summed E-state index contributed by atoms with van der Waals surface area (Å²) in [5, 5.41) is 17.8. The Morgan fingerprint density at radius 3 is 2.70 bits per heavy atom. The smallest absolute Gasteiger partial charge is 0.279 e. The maximum Gasteiger partial charge on any atom is 0.279 e. The maximum absolute atomic E-state index is 11.3. The fourth-order valence-corrected chi connectivity index (χ4v) is 2.01. The van der Waals surface area contributed by atoms with Crippen molar-refractivity contribution < 1.29 is 4.92 Å². The molecule has 2 aromatic heterocycles. The zero-order valence-electron chi connectivity index (χ0n) is 10.4. The van der Waals surface area contributed by atoms with Gasteiger partial charge in [-0.2, -0.15) is 5.10 Å². The van der Waals surface area contributed by atoms with Crippen molar-refractivity contribution in [3.05, 3.63) is 65.1 Å². The molecule has 0 aliphatic heterocycles. The summed E-state index contributed by atoms with van der Waals surface area (Å²) in [6, 6.07) is 10.4. The SMILES string of the molecule is O=[N+]([O-])c1cc(-c2cn[nH]c2)ccc1-c1ccccn1. The third-order valence-electron chi connectivity index (χ3n) is 2.97. The standard InChI is InChI=1S/C14H10N4O2/c19-18(20)14-7-10(11-8-16-17-9-11)4-5-12(14)13-3-1-2-6-15-13/h1-9H,(H,16,17). The van der Waals surface area contributed by atoms with Crippen molar-refractivity contribution in [2.45, 2.75) is 0 Å². The first-order chi connectivity index (χ1) is 9.75. The van der Waals surface area contributed by atoms with E-state index < -0.39 is 4.92 Å². The molecule has 1 N–H and O–H groups in total. The van der Waals surface area contributed by atoms with Crippen LogP contribution in [0.15, 0.2) is 55.0 Å². The molecule has 0 saturated carbocycles. The van der Waals surface area contributed by atoms with Crippen LogP contribution in [0.2, 0.25) is 0 Å². The van der Waals surface area contributed by atoms with Gasteiger partial charge in [0.25, 0.3) is 5.69 Å². The Balaban J connectivity index is 2.15. The van der Waals surface area contributed by atoms with E-state index in [2.05, 4.69) is 15.2 Å². The van der Waals surface area contributed by atoms with E-state index in [4.69, 9.17) is 0 Å². The van der Waals surface area contributed by atoms with Gasteiger partial charge in [-0.3, -0.25) is 20.2 Å². The van der Waals surface area contributed by atoms with Gasteiger partial charge < -0.3 is 0 Å². The highest BCUT2D eigenvalue weighted by Gasteiger charge is 2.17. The predicted octanol–water partition coefficient (Wildman–Crippen LogP) is 3.05. The Morgan fingerprint density at radius 1 is 1.15 bits per heavy atom. The molecule has 1 aromatic carbocycles. The molecule has 0 atom stereocenters. The van der Waals surface area contributed by atoms with E-state index in [0.717, 1.165) is 11.1 Å². The highest BCUT2D eigenvalue weighted by molar-refractivity contribution is 5.76. The molecule has 6 heteroatoms. The van der Waals surface area contributed by atoms with Crippen molar-refractivity contribution in [2.24, 2.45) is 0 Å². The zero-order valence-corrected chi connectivity index (χ0v) is 10.4. The minimum absolute atomic E-state index is 0.0300. The van der Waals surface area contributed by atoms with Crippen LogP contribution in [0.5, 0.6) is 0 Å². The Hall–Kier alpha value is -3.02. The van der Waals surface area contributed by atoms with Crippen molar-refractivity contribution >= 4 is 5.69 Å². The number of nitro benzene ring substituents is 1. The van der Waals surface area contributed by atoms with E-state index in [-0.39, 0.29) is 5.69 Å². The van der Waals surface area contributed by atoms with Gasteiger partial charge in [-0.15, -0.1) is 0 Å². The van der Waals surface area contributed by atoms with Gasteiger partial charge in [0.15, 0.2) is 0 Å². The fraction of sp³-hybridized carbons (Fsp3) is 0. The van der Waals surface area contributed by atoms with Gasteiger partial charge in [-0.25, -0.2) is 0 Å². The Bertz CT molecular complexity index is 739. The number of rotatable bonds is 3. The lowest BCUT2D eigenvalue weighted by atomic mass is 10.0. The number of nitro groups is 1. The number of H-pyrrole nitrogens is 1. The maximum atomic E-state index is 11.3. The average molecular weight is 266 g/mol. The van der Waals surface area contributed by atoms with Crippen LogP contribution in [-0.2, 0) is 0 Å². The van der Waals surface area contributed by atoms with Gasteiger partial charge in [0.2, 0.25) is 0 Å². The fourth-order valence-electron chi connectivity index (χ4n) is 2.01. The number of pyridine rings is 1. The molecule has 0 bridgehead atoms. The molecule has 0 saturated heterocycles. The van der Waals surface area contributed by atoms with Crippen LogP contribution in [0.4, 0.5) is 5.69 Å². The van der Waals surface area contributed by atoms with Gasteiger partial charge in [-0.1, -0.05) is 12.1 Å². The van der Waals surface area contributed by atoms with Crippen LogP contribution in [0.25, 0.3) is 22.4 Å². The van der Waals surface area contributed by atoms with E-state index in [9.17, 15) is 10.1 Å². The van der Waals surface area contributed by atoms with Crippen molar-refractivity contribution in [1.29, 1.82) is 0 Å². The van der Waals surface area contributed by atoms with Gasteiger partial charge in [-0.05, 0) is 23.8 Å². The molecule has 0 aliphatic rings. The minimum Gasteiger partial charge on any atom is -0.285 e. The van der Waals surface area contributed by atoms with E-state index >= 15 is 0 Å². The Kier molecular flexibility index (Phi) is 2.96. The molecule has 20 heavy (non-hydrogen) atoms. The molecule has 0 unspecified atom stereocenters. The zero-order chi connectivity index (χ0) is 13.9. The van der Waals surface area contributed by atoms with E-state index in [1.807, 2.05) is 6.07 Å². The number of hydrogen-bond donors (Lipinski definition) is 1. The van der Waals surface area contributed by atoms with E-state index in [1.165, 1.54) is 6.07 Å². The number of hydrogen-bond acceptors (Lipinski definition) is 4. The van der Waals surface area contributed by atoms with Crippen LogP contribution in [0.3, 0.4) is 0 Å². The highest BCUT2D eigenvalue weighted by atomic mass is 16.6. The summed E-state index contributed by atoms with van der Waals surface area (Å²) < 4.78 is 0. The third-order valence-corrected chi connectivity index (χ3v) is 2.97. The van der Waals surface area contributed by atoms with E-state index in [1.54, 1.807) is 42.9 Å². The average Bonchev–Trinajstić information content (AvgIpc) is 3.02. The highest BCUT2D eigenvalue weighted by Crippen LogP contribution is 2.32. The number of nitrogens with zero attached hydrogens (tertiary/aromatic N) is 3. The van der Waals surface area contributed by atoms with Crippen LogP contribution < -0.4 is 0 Å². The lowest BCUT2D eigenvalue weighted by molar-refractivity contribution is -0.384. The Labute approximate surface area is 114 Å². The molecule has 0 fully saturated rings. The summed E-state index contributed by atoms with van der Waals surface area (Å²) >= 11 is 0. The normalized spacial score (nSPS) is 10.4. The lowest BCUT2D eigenvalue weighted by Gasteiger charge is -2.04. The molecule has 0 radical (unpaired) electrons. The molecule has 2 heterocycles.